The molecule has 0 radical (unpaired) electrons. The molecule has 2 N–H and O–H groups in total. The predicted molar refractivity (Wildman–Crippen MR) is 91.4 cm³/mol. The Labute approximate surface area is 146 Å². The van der Waals surface area contributed by atoms with Crippen LogP contribution in [0, 0.1) is 25.2 Å². The Hall–Kier alpha value is -2.48. The van der Waals surface area contributed by atoms with E-state index in [9.17, 15) is 4.79 Å². The maximum absolute atomic E-state index is 12.1. The number of carbonyl (C=O) groups is 1. The predicted octanol–water partition coefficient (Wildman–Crippen LogP) is 0.607. The fraction of sp³-hybridized carbons (Fsp3) is 0.529. The number of amides is 1. The van der Waals surface area contributed by atoms with E-state index in [0.717, 1.165) is 17.2 Å². The Balaban J connectivity index is 1.59. The van der Waals surface area contributed by atoms with Crippen molar-refractivity contribution in [3.8, 4) is 5.82 Å². The molecule has 2 atom stereocenters. The second-order valence-corrected chi connectivity index (χ2v) is 7.01. The van der Waals surface area contributed by atoms with Gasteiger partial charge in [0, 0.05) is 31.3 Å². The molecule has 8 heteroatoms. The van der Waals surface area contributed by atoms with Crippen molar-refractivity contribution >= 4 is 11.7 Å². The lowest BCUT2D eigenvalue weighted by Crippen LogP contribution is -2.48. The van der Waals surface area contributed by atoms with Crippen LogP contribution >= 0.6 is 0 Å². The van der Waals surface area contributed by atoms with E-state index in [1.54, 1.807) is 4.68 Å². The van der Waals surface area contributed by atoms with Crippen molar-refractivity contribution in [1.82, 2.24) is 20.0 Å². The summed E-state index contributed by atoms with van der Waals surface area (Å²) in [4.78, 5) is 14.2. The highest BCUT2D eigenvalue weighted by Crippen LogP contribution is 2.43. The second kappa shape index (κ2) is 5.80. The zero-order chi connectivity index (χ0) is 17.6. The number of hydrogen-bond donors (Lipinski definition) is 1. The Kier molecular flexibility index (Phi) is 3.72. The monoisotopic (exact) mass is 342 g/mol. The first-order valence-corrected chi connectivity index (χ1v) is 8.49. The molecular formula is C17H22N6O2. The van der Waals surface area contributed by atoms with Gasteiger partial charge in [0.05, 0.1) is 17.7 Å². The summed E-state index contributed by atoms with van der Waals surface area (Å²) in [6, 6.07) is 5.82. The highest BCUT2D eigenvalue weighted by Gasteiger charge is 2.52. The number of primary amides is 1. The number of aromatic nitrogens is 4. The molecule has 2 aromatic heterocycles. The third-order valence-corrected chi connectivity index (χ3v) is 5.38. The highest BCUT2D eigenvalue weighted by atomic mass is 16.5. The molecule has 2 aliphatic heterocycles. The van der Waals surface area contributed by atoms with Crippen molar-refractivity contribution in [3.05, 3.63) is 29.6 Å². The minimum absolute atomic E-state index is 0.108. The van der Waals surface area contributed by atoms with Gasteiger partial charge in [0.25, 0.3) is 0 Å². The van der Waals surface area contributed by atoms with Crippen LogP contribution < -0.4 is 10.6 Å². The third-order valence-electron chi connectivity index (χ3n) is 5.38. The Morgan fingerprint density at radius 3 is 2.68 bits per heavy atom. The molecule has 8 nitrogen and oxygen atoms in total. The molecule has 0 aliphatic carbocycles. The number of rotatable bonds is 3. The van der Waals surface area contributed by atoms with Crippen molar-refractivity contribution in [2.75, 3.05) is 31.2 Å². The van der Waals surface area contributed by atoms with Gasteiger partial charge in [-0.25, -0.2) is 4.68 Å². The van der Waals surface area contributed by atoms with Gasteiger partial charge in [0.2, 0.25) is 5.91 Å². The summed E-state index contributed by atoms with van der Waals surface area (Å²) in [6.45, 7) is 6.35. The first kappa shape index (κ1) is 16.0. The highest BCUT2D eigenvalue weighted by molar-refractivity contribution is 5.83. The van der Waals surface area contributed by atoms with Crippen LogP contribution in [0.4, 0.5) is 5.82 Å². The average molecular weight is 342 g/mol. The minimum Gasteiger partial charge on any atom is -0.381 e. The molecule has 132 valence electrons. The lowest BCUT2D eigenvalue weighted by atomic mass is 9.74. The van der Waals surface area contributed by atoms with Gasteiger partial charge in [-0.3, -0.25) is 4.79 Å². The molecule has 0 spiro atoms. The van der Waals surface area contributed by atoms with Gasteiger partial charge in [-0.15, -0.1) is 10.2 Å². The maximum atomic E-state index is 12.1. The molecular weight excluding hydrogens is 320 g/mol. The molecule has 2 aliphatic rings. The van der Waals surface area contributed by atoms with Crippen LogP contribution in [0.2, 0.25) is 0 Å². The van der Waals surface area contributed by atoms with Crippen molar-refractivity contribution < 1.29 is 9.53 Å². The fourth-order valence-electron chi connectivity index (χ4n) is 3.99. The molecule has 0 unspecified atom stereocenters. The van der Waals surface area contributed by atoms with Crippen molar-refractivity contribution in [2.45, 2.75) is 20.3 Å². The Bertz CT molecular complexity index is 802. The van der Waals surface area contributed by atoms with Crippen LogP contribution in [0.15, 0.2) is 18.2 Å². The van der Waals surface area contributed by atoms with E-state index in [0.29, 0.717) is 38.5 Å². The molecule has 25 heavy (non-hydrogen) atoms. The third kappa shape index (κ3) is 2.57. The topological polar surface area (TPSA) is 99.2 Å². The number of fused-ring (bicyclic) bond motifs is 1. The normalized spacial score (nSPS) is 25.8. The molecule has 2 aromatic rings. The summed E-state index contributed by atoms with van der Waals surface area (Å²) >= 11 is 0. The molecule has 0 aromatic carbocycles. The Morgan fingerprint density at radius 1 is 1.32 bits per heavy atom. The summed E-state index contributed by atoms with van der Waals surface area (Å²) in [5, 5.41) is 13.1. The van der Waals surface area contributed by atoms with E-state index in [1.807, 2.05) is 32.0 Å². The van der Waals surface area contributed by atoms with Gasteiger partial charge in [-0.2, -0.15) is 5.10 Å². The molecule has 0 bridgehead atoms. The Morgan fingerprint density at radius 2 is 2.08 bits per heavy atom. The summed E-state index contributed by atoms with van der Waals surface area (Å²) in [6.07, 6.45) is 0.667. The fourth-order valence-corrected chi connectivity index (χ4v) is 3.99. The first-order valence-electron chi connectivity index (χ1n) is 8.49. The lowest BCUT2D eigenvalue weighted by Gasteiger charge is -2.35. The first-order chi connectivity index (χ1) is 12.0. The summed E-state index contributed by atoms with van der Waals surface area (Å²) in [5.74, 6) is 1.30. The van der Waals surface area contributed by atoms with E-state index in [2.05, 4.69) is 20.2 Å². The largest absolute Gasteiger partial charge is 0.381 e. The SMILES string of the molecule is Cc1cc(C)n(-c2ccc(N3C[C@@H]4COCC[C@]4(C(N)=O)C3)nn2)n1. The van der Waals surface area contributed by atoms with Crippen molar-refractivity contribution in [2.24, 2.45) is 17.1 Å². The molecule has 4 rings (SSSR count). The molecule has 0 saturated carbocycles. The number of nitrogens with zero attached hydrogens (tertiary/aromatic N) is 5. The molecule has 1 amide bonds. The molecule has 2 saturated heterocycles. The van der Waals surface area contributed by atoms with Crippen molar-refractivity contribution in [1.29, 1.82) is 0 Å². The summed E-state index contributed by atoms with van der Waals surface area (Å²) in [7, 11) is 0. The molecule has 2 fully saturated rings. The quantitative estimate of drug-likeness (QED) is 0.877. The van der Waals surface area contributed by atoms with Gasteiger partial charge in [0.15, 0.2) is 11.6 Å². The number of carbonyl (C=O) groups excluding carboxylic acids is 1. The van der Waals surface area contributed by atoms with Crippen molar-refractivity contribution in [3.63, 3.8) is 0 Å². The number of ether oxygens (including phenoxy) is 1. The van der Waals surface area contributed by atoms with Gasteiger partial charge in [-0.1, -0.05) is 0 Å². The van der Waals surface area contributed by atoms with Crippen LogP contribution in [0.1, 0.15) is 17.8 Å². The summed E-state index contributed by atoms with van der Waals surface area (Å²) < 4.78 is 7.33. The van der Waals surface area contributed by atoms with Gasteiger partial charge in [0.1, 0.15) is 0 Å². The van der Waals surface area contributed by atoms with Crippen LogP contribution in [0.3, 0.4) is 0 Å². The van der Waals surface area contributed by atoms with Crippen LogP contribution in [0.5, 0.6) is 0 Å². The standard InChI is InChI=1S/C17H22N6O2/c1-11-7-12(2)23(21-11)15-4-3-14(19-20-15)22-8-13-9-25-6-5-17(13,10-22)16(18)24/h3-4,7,13H,5-6,8-10H2,1-2H3,(H2,18,24)/t13-,17+/m1/s1. The van der Waals surface area contributed by atoms with E-state index >= 15 is 0 Å². The lowest BCUT2D eigenvalue weighted by molar-refractivity contribution is -0.135. The van der Waals surface area contributed by atoms with E-state index in [1.165, 1.54) is 0 Å². The number of hydrogen-bond acceptors (Lipinski definition) is 6. The van der Waals surface area contributed by atoms with Gasteiger partial charge >= 0.3 is 0 Å². The number of aryl methyl sites for hydroxylation is 2. The van der Waals surface area contributed by atoms with Crippen LogP contribution in [0.25, 0.3) is 5.82 Å². The zero-order valence-electron chi connectivity index (χ0n) is 14.5. The smallest absolute Gasteiger partial charge is 0.225 e. The van der Waals surface area contributed by atoms with Crippen LogP contribution in [-0.4, -0.2) is 52.2 Å². The second-order valence-electron chi connectivity index (χ2n) is 7.01. The maximum Gasteiger partial charge on any atom is 0.225 e. The number of anilines is 1. The van der Waals surface area contributed by atoms with Gasteiger partial charge in [-0.05, 0) is 38.5 Å². The van der Waals surface area contributed by atoms with Crippen LogP contribution in [-0.2, 0) is 9.53 Å². The minimum atomic E-state index is -0.520. The molecule has 4 heterocycles. The summed E-state index contributed by atoms with van der Waals surface area (Å²) in [5.41, 5.74) is 7.17. The van der Waals surface area contributed by atoms with E-state index in [-0.39, 0.29) is 11.8 Å². The van der Waals surface area contributed by atoms with E-state index < -0.39 is 5.41 Å². The zero-order valence-corrected chi connectivity index (χ0v) is 14.5. The number of nitrogens with two attached hydrogens (primary N) is 1. The van der Waals surface area contributed by atoms with Gasteiger partial charge < -0.3 is 15.4 Å². The van der Waals surface area contributed by atoms with E-state index in [4.69, 9.17) is 10.5 Å². The average Bonchev–Trinajstić information content (AvgIpc) is 3.15.